The van der Waals surface area contributed by atoms with Crippen LogP contribution in [-0.2, 0) is 10.2 Å². The number of amidine groups is 1. The number of aromatic amines is 1. The molecule has 3 aliphatic rings. The molecule has 1 unspecified atom stereocenters. The molecule has 33 heavy (non-hydrogen) atoms. The van der Waals surface area contributed by atoms with Gasteiger partial charge in [-0.05, 0) is 37.5 Å². The summed E-state index contributed by atoms with van der Waals surface area (Å²) in [7, 11) is 0. The van der Waals surface area contributed by atoms with Crippen molar-refractivity contribution >= 4 is 29.0 Å². The number of unbranched alkanes of at least 4 members (excludes halogenated alkanes) is 1. The van der Waals surface area contributed by atoms with Gasteiger partial charge in [-0.1, -0.05) is 19.4 Å². The first-order valence-corrected chi connectivity index (χ1v) is 10.6. The van der Waals surface area contributed by atoms with E-state index < -0.39 is 28.5 Å². The standard InChI is InChI=1S/C22H21F2N7O2/c1-3-4-5-14-19-25-10-26-31(19)9-15(27-14)17-28-18-16(20(32)29-17)22(2,21(33)30-18)11-6-7-12(23)13(24)8-11/h6-9,26H,3-5,10H2,1-2H3,(H2,28,29,30,32,33). The molecule has 11 heteroatoms. The smallest absolute Gasteiger partial charge is 0.257 e. The number of carbonyl (C=O) groups excluding carboxylic acids is 1. The molecule has 0 saturated heterocycles. The summed E-state index contributed by atoms with van der Waals surface area (Å²) in [6.07, 6.45) is 4.30. The fourth-order valence-corrected chi connectivity index (χ4v) is 4.22. The van der Waals surface area contributed by atoms with Crippen molar-refractivity contribution in [2.45, 2.75) is 38.5 Å². The number of benzene rings is 1. The fraction of sp³-hybridized carbons (Fsp3) is 0.318. The van der Waals surface area contributed by atoms with E-state index in [-0.39, 0.29) is 22.8 Å². The second kappa shape index (κ2) is 7.69. The average Bonchev–Trinajstić information content (AvgIpc) is 3.37. The Hall–Kier alpha value is -3.73. The number of hydrogen-bond acceptors (Lipinski definition) is 7. The summed E-state index contributed by atoms with van der Waals surface area (Å²) in [5, 5.41) is 4.36. The molecule has 4 heterocycles. The zero-order chi connectivity index (χ0) is 23.3. The van der Waals surface area contributed by atoms with Crippen molar-refractivity contribution in [1.82, 2.24) is 20.4 Å². The SMILES string of the molecule is CCCCC1=NC(c2nc3c(c(=O)[nH]2)C(C)(c2ccc(F)c(F)c2)C(=O)N3)=CN2NCN=C12. The molecule has 0 saturated carbocycles. The number of hydrogen-bond donors (Lipinski definition) is 3. The lowest BCUT2D eigenvalue weighted by Crippen LogP contribution is -2.39. The molecule has 0 bridgehead atoms. The van der Waals surface area contributed by atoms with E-state index in [9.17, 15) is 18.4 Å². The third-order valence-corrected chi connectivity index (χ3v) is 6.08. The number of nitrogens with zero attached hydrogens (tertiary/aromatic N) is 4. The number of carbonyl (C=O) groups is 1. The maximum absolute atomic E-state index is 13.9. The summed E-state index contributed by atoms with van der Waals surface area (Å²) in [4.78, 5) is 42.3. The second-order valence-corrected chi connectivity index (χ2v) is 8.19. The topological polar surface area (TPSA) is 115 Å². The molecule has 0 fully saturated rings. The van der Waals surface area contributed by atoms with Gasteiger partial charge >= 0.3 is 0 Å². The van der Waals surface area contributed by atoms with Gasteiger partial charge in [0, 0.05) is 0 Å². The normalized spacial score (nSPS) is 21.3. The Balaban J connectivity index is 1.59. The third kappa shape index (κ3) is 3.27. The van der Waals surface area contributed by atoms with Gasteiger partial charge in [-0.25, -0.2) is 29.2 Å². The van der Waals surface area contributed by atoms with Gasteiger partial charge in [0.2, 0.25) is 5.91 Å². The number of aliphatic imine (C=N–C) groups is 2. The Labute approximate surface area is 187 Å². The Morgan fingerprint density at radius 3 is 2.79 bits per heavy atom. The van der Waals surface area contributed by atoms with E-state index in [1.165, 1.54) is 13.0 Å². The molecule has 1 atom stereocenters. The highest BCUT2D eigenvalue weighted by molar-refractivity contribution is 6.43. The zero-order valence-corrected chi connectivity index (χ0v) is 18.0. The summed E-state index contributed by atoms with van der Waals surface area (Å²) in [5.41, 5.74) is 2.37. The maximum atomic E-state index is 13.9. The van der Waals surface area contributed by atoms with Crippen molar-refractivity contribution in [3.05, 3.63) is 63.3 Å². The Bertz CT molecular complexity index is 1330. The van der Waals surface area contributed by atoms with E-state index in [2.05, 4.69) is 37.6 Å². The van der Waals surface area contributed by atoms with E-state index in [4.69, 9.17) is 0 Å². The van der Waals surface area contributed by atoms with Crippen molar-refractivity contribution in [3.8, 4) is 0 Å². The summed E-state index contributed by atoms with van der Waals surface area (Å²) < 4.78 is 27.3. The summed E-state index contributed by atoms with van der Waals surface area (Å²) in [6, 6.07) is 3.14. The summed E-state index contributed by atoms with van der Waals surface area (Å²) in [5.74, 6) is -1.73. The maximum Gasteiger partial charge on any atom is 0.257 e. The number of H-pyrrole nitrogens is 1. The molecule has 3 N–H and O–H groups in total. The van der Waals surface area contributed by atoms with Crippen LogP contribution in [0.1, 0.15) is 50.1 Å². The number of aromatic nitrogens is 2. The second-order valence-electron chi connectivity index (χ2n) is 8.19. The fourth-order valence-electron chi connectivity index (χ4n) is 4.22. The monoisotopic (exact) mass is 453 g/mol. The first-order chi connectivity index (χ1) is 15.8. The number of rotatable bonds is 5. The van der Waals surface area contributed by atoms with E-state index >= 15 is 0 Å². The largest absolute Gasteiger partial charge is 0.309 e. The lowest BCUT2D eigenvalue weighted by Gasteiger charge is -2.23. The minimum atomic E-state index is -1.53. The molecule has 0 aliphatic carbocycles. The zero-order valence-electron chi connectivity index (χ0n) is 18.0. The van der Waals surface area contributed by atoms with E-state index in [1.54, 1.807) is 11.2 Å². The van der Waals surface area contributed by atoms with Crippen LogP contribution in [0.4, 0.5) is 14.6 Å². The van der Waals surface area contributed by atoms with Crippen LogP contribution >= 0.6 is 0 Å². The Kier molecular flexibility index (Phi) is 4.93. The number of hydrazine groups is 1. The molecule has 9 nitrogen and oxygen atoms in total. The van der Waals surface area contributed by atoms with E-state index in [1.807, 2.05) is 0 Å². The van der Waals surface area contributed by atoms with Crippen LogP contribution in [0.2, 0.25) is 0 Å². The predicted octanol–water partition coefficient (Wildman–Crippen LogP) is 2.43. The van der Waals surface area contributed by atoms with Gasteiger partial charge < -0.3 is 10.3 Å². The molecule has 0 radical (unpaired) electrons. The van der Waals surface area contributed by atoms with Crippen LogP contribution in [0.3, 0.4) is 0 Å². The molecular formula is C22H21F2N7O2. The van der Waals surface area contributed by atoms with Crippen LogP contribution in [0.15, 0.2) is 39.2 Å². The number of fused-ring (bicyclic) bond motifs is 2. The number of amides is 1. The molecule has 1 amide bonds. The molecular weight excluding hydrogens is 432 g/mol. The Morgan fingerprint density at radius 1 is 1.21 bits per heavy atom. The first-order valence-electron chi connectivity index (χ1n) is 10.6. The van der Waals surface area contributed by atoms with Crippen LogP contribution in [0.5, 0.6) is 0 Å². The van der Waals surface area contributed by atoms with Crippen LogP contribution in [0, 0.1) is 11.6 Å². The summed E-state index contributed by atoms with van der Waals surface area (Å²) in [6.45, 7) is 3.98. The van der Waals surface area contributed by atoms with Crippen LogP contribution < -0.4 is 16.3 Å². The van der Waals surface area contributed by atoms with Gasteiger partial charge in [-0.3, -0.25) is 14.6 Å². The van der Waals surface area contributed by atoms with Gasteiger partial charge in [-0.2, -0.15) is 0 Å². The minimum Gasteiger partial charge on any atom is -0.309 e. The van der Waals surface area contributed by atoms with Crippen LogP contribution in [0.25, 0.3) is 5.70 Å². The van der Waals surface area contributed by atoms with Crippen molar-refractivity contribution in [1.29, 1.82) is 0 Å². The minimum absolute atomic E-state index is 0.0374. The third-order valence-electron chi connectivity index (χ3n) is 6.08. The van der Waals surface area contributed by atoms with Crippen molar-refractivity contribution in [2.24, 2.45) is 9.98 Å². The van der Waals surface area contributed by atoms with Gasteiger partial charge in [-0.15, -0.1) is 0 Å². The number of halogens is 2. The van der Waals surface area contributed by atoms with Crippen molar-refractivity contribution < 1.29 is 13.6 Å². The van der Waals surface area contributed by atoms with E-state index in [0.717, 1.165) is 36.5 Å². The molecule has 2 aromatic rings. The molecule has 170 valence electrons. The molecule has 3 aliphatic heterocycles. The molecule has 5 rings (SSSR count). The first kappa shape index (κ1) is 21.1. The predicted molar refractivity (Wildman–Crippen MR) is 119 cm³/mol. The molecule has 0 spiro atoms. The highest BCUT2D eigenvalue weighted by Crippen LogP contribution is 2.40. The van der Waals surface area contributed by atoms with Gasteiger partial charge in [0.15, 0.2) is 23.3 Å². The number of anilines is 1. The van der Waals surface area contributed by atoms with Crippen molar-refractivity contribution in [2.75, 3.05) is 12.0 Å². The van der Waals surface area contributed by atoms with Crippen molar-refractivity contribution in [3.63, 3.8) is 0 Å². The van der Waals surface area contributed by atoms with Gasteiger partial charge in [0.05, 0.1) is 17.5 Å². The highest BCUT2D eigenvalue weighted by atomic mass is 19.2. The number of nitrogens with one attached hydrogen (secondary N) is 3. The quantitative estimate of drug-likeness (QED) is 0.643. The van der Waals surface area contributed by atoms with Gasteiger partial charge in [0.25, 0.3) is 5.56 Å². The molecule has 1 aromatic heterocycles. The molecule has 1 aromatic carbocycles. The lowest BCUT2D eigenvalue weighted by molar-refractivity contribution is -0.119. The van der Waals surface area contributed by atoms with E-state index in [0.29, 0.717) is 18.8 Å². The Morgan fingerprint density at radius 2 is 2.03 bits per heavy atom. The van der Waals surface area contributed by atoms with Gasteiger partial charge in [0.1, 0.15) is 23.6 Å². The van der Waals surface area contributed by atoms with Crippen LogP contribution in [-0.4, -0.2) is 39.1 Å². The average molecular weight is 453 g/mol. The lowest BCUT2D eigenvalue weighted by atomic mass is 9.78. The summed E-state index contributed by atoms with van der Waals surface area (Å²) >= 11 is 0. The highest BCUT2D eigenvalue weighted by Gasteiger charge is 2.48.